The summed E-state index contributed by atoms with van der Waals surface area (Å²) in [5.41, 5.74) is 2.25. The maximum Gasteiger partial charge on any atom is 0.141 e. The van der Waals surface area contributed by atoms with Crippen molar-refractivity contribution < 1.29 is 10.2 Å². The highest BCUT2D eigenvalue weighted by molar-refractivity contribution is 7.19. The molecule has 0 spiro atoms. The molecule has 0 aliphatic rings. The van der Waals surface area contributed by atoms with E-state index in [2.05, 4.69) is 29.0 Å². The van der Waals surface area contributed by atoms with Gasteiger partial charge >= 0.3 is 0 Å². The summed E-state index contributed by atoms with van der Waals surface area (Å²) in [6.07, 6.45) is 1.55. The lowest BCUT2D eigenvalue weighted by atomic mass is 10.0. The number of anilines is 1. The molecule has 0 amide bonds. The molecule has 0 atom stereocenters. The average molecular weight is 329 g/mol. The molecule has 2 heterocycles. The van der Waals surface area contributed by atoms with E-state index < -0.39 is 0 Å². The summed E-state index contributed by atoms with van der Waals surface area (Å²) in [5.74, 6) is 0.765. The predicted octanol–water partition coefficient (Wildman–Crippen LogP) is 2.46. The number of rotatable bonds is 6. The van der Waals surface area contributed by atoms with Crippen LogP contribution >= 0.6 is 11.3 Å². The second-order valence-electron chi connectivity index (χ2n) is 5.21. The highest BCUT2D eigenvalue weighted by Crippen LogP contribution is 2.41. The van der Waals surface area contributed by atoms with Crippen molar-refractivity contribution in [2.24, 2.45) is 0 Å². The zero-order valence-electron chi connectivity index (χ0n) is 12.9. The van der Waals surface area contributed by atoms with Crippen LogP contribution in [0.25, 0.3) is 21.3 Å². The number of benzene rings is 1. The van der Waals surface area contributed by atoms with Gasteiger partial charge < -0.3 is 15.1 Å². The molecule has 5 nitrogen and oxygen atoms in total. The smallest absolute Gasteiger partial charge is 0.141 e. The Kier molecular flexibility index (Phi) is 4.85. The minimum Gasteiger partial charge on any atom is -0.395 e. The summed E-state index contributed by atoms with van der Waals surface area (Å²) in [7, 11) is 0. The topological polar surface area (TPSA) is 69.5 Å². The van der Waals surface area contributed by atoms with Gasteiger partial charge in [-0.1, -0.05) is 30.3 Å². The number of aryl methyl sites for hydroxylation is 1. The molecule has 2 aromatic heterocycles. The van der Waals surface area contributed by atoms with E-state index in [0.717, 1.165) is 27.2 Å². The van der Waals surface area contributed by atoms with Crippen LogP contribution in [0.1, 0.15) is 4.88 Å². The third-order valence-electron chi connectivity index (χ3n) is 3.75. The second-order valence-corrected chi connectivity index (χ2v) is 6.41. The summed E-state index contributed by atoms with van der Waals surface area (Å²) in [6.45, 7) is 2.96. The van der Waals surface area contributed by atoms with E-state index in [1.807, 2.05) is 23.1 Å². The molecular formula is C17H19N3O2S. The maximum absolute atomic E-state index is 9.32. The van der Waals surface area contributed by atoms with Crippen molar-refractivity contribution in [1.82, 2.24) is 9.97 Å². The SMILES string of the molecule is Cc1sc2ncnc(N(CCO)CCO)c2c1-c1ccccc1. The fraction of sp³-hybridized carbons (Fsp3) is 0.294. The zero-order valence-corrected chi connectivity index (χ0v) is 13.8. The summed E-state index contributed by atoms with van der Waals surface area (Å²) in [5, 5.41) is 19.6. The number of hydrogen-bond donors (Lipinski definition) is 2. The van der Waals surface area contributed by atoms with Crippen LogP contribution in [-0.4, -0.2) is 46.5 Å². The van der Waals surface area contributed by atoms with Gasteiger partial charge in [0.2, 0.25) is 0 Å². The fourth-order valence-corrected chi connectivity index (χ4v) is 3.79. The lowest BCUT2D eigenvalue weighted by Gasteiger charge is -2.22. The second kappa shape index (κ2) is 7.04. The Balaban J connectivity index is 2.23. The van der Waals surface area contributed by atoms with Crippen LogP contribution in [0.4, 0.5) is 5.82 Å². The van der Waals surface area contributed by atoms with Crippen LogP contribution in [0.5, 0.6) is 0 Å². The largest absolute Gasteiger partial charge is 0.395 e. The third-order valence-corrected chi connectivity index (χ3v) is 4.76. The average Bonchev–Trinajstić information content (AvgIpc) is 2.91. The monoisotopic (exact) mass is 329 g/mol. The van der Waals surface area contributed by atoms with E-state index in [1.54, 1.807) is 17.7 Å². The molecule has 0 aliphatic heterocycles. The number of aliphatic hydroxyl groups is 2. The fourth-order valence-electron chi connectivity index (χ4n) is 2.79. The molecule has 6 heteroatoms. The molecule has 0 unspecified atom stereocenters. The van der Waals surface area contributed by atoms with E-state index in [1.165, 1.54) is 4.88 Å². The molecule has 120 valence electrons. The first-order valence-corrected chi connectivity index (χ1v) is 8.34. The van der Waals surface area contributed by atoms with E-state index in [0.29, 0.717) is 13.1 Å². The number of aromatic nitrogens is 2. The molecule has 3 rings (SSSR count). The minimum atomic E-state index is 0.00921. The summed E-state index contributed by atoms with van der Waals surface area (Å²) < 4.78 is 0. The molecule has 3 aromatic rings. The van der Waals surface area contributed by atoms with Gasteiger partial charge in [-0.2, -0.15) is 0 Å². The van der Waals surface area contributed by atoms with Crippen molar-refractivity contribution in [2.45, 2.75) is 6.92 Å². The van der Waals surface area contributed by atoms with Crippen LogP contribution < -0.4 is 4.90 Å². The number of aliphatic hydroxyl groups excluding tert-OH is 2. The summed E-state index contributed by atoms with van der Waals surface area (Å²) >= 11 is 1.64. The lowest BCUT2D eigenvalue weighted by Crippen LogP contribution is -2.30. The molecular weight excluding hydrogens is 310 g/mol. The normalized spacial score (nSPS) is 11.1. The zero-order chi connectivity index (χ0) is 16.2. The third kappa shape index (κ3) is 3.06. The predicted molar refractivity (Wildman–Crippen MR) is 94.0 cm³/mol. The first-order chi connectivity index (χ1) is 11.3. The number of thiophene rings is 1. The van der Waals surface area contributed by atoms with E-state index in [-0.39, 0.29) is 13.2 Å². The van der Waals surface area contributed by atoms with Crippen LogP contribution in [-0.2, 0) is 0 Å². The molecule has 23 heavy (non-hydrogen) atoms. The van der Waals surface area contributed by atoms with Crippen molar-refractivity contribution in [2.75, 3.05) is 31.2 Å². The first-order valence-electron chi connectivity index (χ1n) is 7.52. The quantitative estimate of drug-likeness (QED) is 0.727. The number of nitrogens with zero attached hydrogens (tertiary/aromatic N) is 3. The maximum atomic E-state index is 9.32. The highest BCUT2D eigenvalue weighted by atomic mass is 32.1. The Morgan fingerprint density at radius 1 is 1.04 bits per heavy atom. The standard InChI is InChI=1S/C17H19N3O2S/c1-12-14(13-5-3-2-4-6-13)15-16(18-11-19-17(15)23-12)20(7-9-21)8-10-22/h2-6,11,21-22H,7-10H2,1H3. The Morgan fingerprint density at radius 3 is 2.39 bits per heavy atom. The van der Waals surface area contributed by atoms with Crippen LogP contribution in [0.15, 0.2) is 36.7 Å². The van der Waals surface area contributed by atoms with Gasteiger partial charge in [-0.15, -0.1) is 11.3 Å². The molecule has 0 radical (unpaired) electrons. The van der Waals surface area contributed by atoms with Crippen LogP contribution in [0.2, 0.25) is 0 Å². The van der Waals surface area contributed by atoms with Crippen LogP contribution in [0, 0.1) is 6.92 Å². The molecule has 1 aromatic carbocycles. The van der Waals surface area contributed by atoms with Crippen molar-refractivity contribution in [3.05, 3.63) is 41.5 Å². The Labute approximate surface area is 138 Å². The van der Waals surface area contributed by atoms with Gasteiger partial charge in [-0.05, 0) is 12.5 Å². The van der Waals surface area contributed by atoms with Gasteiger partial charge in [0.25, 0.3) is 0 Å². The van der Waals surface area contributed by atoms with Crippen molar-refractivity contribution in [1.29, 1.82) is 0 Å². The Bertz CT molecular complexity index is 783. The first kappa shape index (κ1) is 15.9. The lowest BCUT2D eigenvalue weighted by molar-refractivity contribution is 0.281. The van der Waals surface area contributed by atoms with Gasteiger partial charge in [0, 0.05) is 23.5 Å². The highest BCUT2D eigenvalue weighted by Gasteiger charge is 2.19. The van der Waals surface area contributed by atoms with Crippen molar-refractivity contribution in [3.8, 4) is 11.1 Å². The minimum absolute atomic E-state index is 0.00921. The van der Waals surface area contributed by atoms with Gasteiger partial charge in [0.15, 0.2) is 0 Å². The van der Waals surface area contributed by atoms with Crippen molar-refractivity contribution in [3.63, 3.8) is 0 Å². The Hall–Kier alpha value is -2.02. The molecule has 0 fully saturated rings. The molecule has 2 N–H and O–H groups in total. The molecule has 0 saturated carbocycles. The van der Waals surface area contributed by atoms with Crippen molar-refractivity contribution >= 4 is 27.4 Å². The van der Waals surface area contributed by atoms with Crippen LogP contribution in [0.3, 0.4) is 0 Å². The molecule has 0 bridgehead atoms. The molecule has 0 saturated heterocycles. The van der Waals surface area contributed by atoms with E-state index >= 15 is 0 Å². The van der Waals surface area contributed by atoms with E-state index in [4.69, 9.17) is 0 Å². The number of hydrogen-bond acceptors (Lipinski definition) is 6. The van der Waals surface area contributed by atoms with Gasteiger partial charge in [0.05, 0.1) is 18.6 Å². The Morgan fingerprint density at radius 2 is 1.74 bits per heavy atom. The number of fused-ring (bicyclic) bond motifs is 1. The summed E-state index contributed by atoms with van der Waals surface area (Å²) in [6, 6.07) is 10.2. The van der Waals surface area contributed by atoms with E-state index in [9.17, 15) is 10.2 Å². The molecule has 0 aliphatic carbocycles. The summed E-state index contributed by atoms with van der Waals surface area (Å²) in [4.78, 5) is 12.9. The van der Waals surface area contributed by atoms with Gasteiger partial charge in [-0.3, -0.25) is 0 Å². The van der Waals surface area contributed by atoms with Gasteiger partial charge in [0.1, 0.15) is 17.0 Å². The van der Waals surface area contributed by atoms with Gasteiger partial charge in [-0.25, -0.2) is 9.97 Å².